The molecule has 0 radical (unpaired) electrons. The average Bonchev–Trinajstić information content (AvgIpc) is 2.42. The predicted molar refractivity (Wildman–Crippen MR) is 76.4 cm³/mol. The highest BCUT2D eigenvalue weighted by Gasteiger charge is 2.14. The van der Waals surface area contributed by atoms with Crippen molar-refractivity contribution in [3.05, 3.63) is 60.2 Å². The molecule has 0 saturated heterocycles. The molecule has 2 rings (SSSR count). The fraction of sp³-hybridized carbons (Fsp3) is 0.200. The summed E-state index contributed by atoms with van der Waals surface area (Å²) in [6.45, 7) is 4.69. The van der Waals surface area contributed by atoms with Crippen molar-refractivity contribution < 1.29 is 9.05 Å². The Kier molecular flexibility index (Phi) is 4.74. The first-order valence-electron chi connectivity index (χ1n) is 6.02. The van der Waals surface area contributed by atoms with Gasteiger partial charge in [0.25, 0.3) is 8.38 Å². The predicted octanol–water partition coefficient (Wildman–Crippen LogP) is 4.05. The van der Waals surface area contributed by atoms with Gasteiger partial charge in [0.15, 0.2) is 0 Å². The molecule has 0 aliphatic rings. The van der Waals surface area contributed by atoms with E-state index in [9.17, 15) is 0 Å². The Morgan fingerprint density at radius 3 is 2.22 bits per heavy atom. The Balaban J connectivity index is 2.14. The third-order valence-corrected chi connectivity index (χ3v) is 4.01. The zero-order chi connectivity index (χ0) is 12.8. The molecule has 1 atom stereocenters. The molecule has 18 heavy (non-hydrogen) atoms. The zero-order valence-electron chi connectivity index (χ0n) is 10.7. The lowest BCUT2D eigenvalue weighted by molar-refractivity contribution is 0.341. The van der Waals surface area contributed by atoms with E-state index in [4.69, 9.17) is 9.05 Å². The third-order valence-electron chi connectivity index (χ3n) is 2.42. The van der Waals surface area contributed by atoms with Gasteiger partial charge in [0.2, 0.25) is 0 Å². The van der Waals surface area contributed by atoms with Gasteiger partial charge in [-0.1, -0.05) is 35.9 Å². The molecule has 0 aliphatic heterocycles. The second kappa shape index (κ2) is 6.53. The maximum Gasteiger partial charge on any atom is 0.265 e. The topological polar surface area (TPSA) is 18.5 Å². The van der Waals surface area contributed by atoms with Crippen LogP contribution in [0.2, 0.25) is 0 Å². The van der Waals surface area contributed by atoms with E-state index >= 15 is 0 Å². The minimum absolute atomic E-state index is 0.645. The summed E-state index contributed by atoms with van der Waals surface area (Å²) >= 11 is 0. The molecule has 0 amide bonds. The van der Waals surface area contributed by atoms with Gasteiger partial charge in [-0.15, -0.1) is 0 Å². The fourth-order valence-electron chi connectivity index (χ4n) is 1.52. The fourth-order valence-corrected chi connectivity index (χ4v) is 2.79. The Labute approximate surface area is 109 Å². The van der Waals surface area contributed by atoms with Gasteiger partial charge in [0.05, 0.1) is 6.61 Å². The van der Waals surface area contributed by atoms with E-state index in [1.807, 2.05) is 61.5 Å². The molecule has 0 saturated carbocycles. The van der Waals surface area contributed by atoms with Crippen LogP contribution in [0, 0.1) is 6.92 Å². The van der Waals surface area contributed by atoms with Crippen LogP contribution >= 0.6 is 8.38 Å². The quantitative estimate of drug-likeness (QED) is 0.755. The number of benzene rings is 2. The van der Waals surface area contributed by atoms with E-state index < -0.39 is 8.38 Å². The Morgan fingerprint density at radius 2 is 1.61 bits per heavy atom. The lowest BCUT2D eigenvalue weighted by Crippen LogP contribution is -2.07. The smallest absolute Gasteiger partial charge is 0.265 e. The van der Waals surface area contributed by atoms with Crippen molar-refractivity contribution >= 4 is 13.7 Å². The first-order chi connectivity index (χ1) is 8.79. The van der Waals surface area contributed by atoms with Crippen LogP contribution in [0.4, 0.5) is 0 Å². The molecule has 2 aromatic rings. The van der Waals surface area contributed by atoms with Crippen LogP contribution in [0.3, 0.4) is 0 Å². The molecule has 0 aliphatic carbocycles. The van der Waals surface area contributed by atoms with E-state index in [1.54, 1.807) is 0 Å². The molecule has 1 unspecified atom stereocenters. The first kappa shape index (κ1) is 13.1. The third kappa shape index (κ3) is 3.56. The van der Waals surface area contributed by atoms with Crippen molar-refractivity contribution in [1.82, 2.24) is 0 Å². The average molecular weight is 260 g/mol. The Morgan fingerprint density at radius 1 is 0.944 bits per heavy atom. The molecular weight excluding hydrogens is 243 g/mol. The van der Waals surface area contributed by atoms with E-state index in [1.165, 1.54) is 5.56 Å². The highest BCUT2D eigenvalue weighted by atomic mass is 31.2. The number of hydrogen-bond donors (Lipinski definition) is 0. The van der Waals surface area contributed by atoms with Gasteiger partial charge < -0.3 is 9.05 Å². The van der Waals surface area contributed by atoms with E-state index in [0.29, 0.717) is 6.61 Å². The normalized spacial score (nSPS) is 12.1. The number of hydrogen-bond acceptors (Lipinski definition) is 2. The lowest BCUT2D eigenvalue weighted by Gasteiger charge is -2.17. The largest absolute Gasteiger partial charge is 0.444 e. The van der Waals surface area contributed by atoms with Gasteiger partial charge in [-0.3, -0.25) is 0 Å². The molecule has 0 bridgehead atoms. The molecule has 3 heteroatoms. The molecule has 2 nitrogen and oxygen atoms in total. The van der Waals surface area contributed by atoms with Gasteiger partial charge in [-0.25, -0.2) is 0 Å². The van der Waals surface area contributed by atoms with Crippen LogP contribution in [0.25, 0.3) is 0 Å². The molecule has 0 N–H and O–H groups in total. The SMILES string of the molecule is CCOP(Oc1ccc(C)cc1)c1ccccc1. The summed E-state index contributed by atoms with van der Waals surface area (Å²) in [5, 5.41) is 1.09. The van der Waals surface area contributed by atoms with Crippen LogP contribution in [0.15, 0.2) is 54.6 Å². The first-order valence-corrected chi connectivity index (χ1v) is 7.20. The number of aryl methyl sites for hydroxylation is 1. The van der Waals surface area contributed by atoms with Crippen molar-refractivity contribution in [2.24, 2.45) is 0 Å². The highest BCUT2D eigenvalue weighted by molar-refractivity contribution is 7.56. The van der Waals surface area contributed by atoms with Crippen molar-refractivity contribution in [1.29, 1.82) is 0 Å². The van der Waals surface area contributed by atoms with Gasteiger partial charge in [-0.05, 0) is 38.1 Å². The monoisotopic (exact) mass is 260 g/mol. The summed E-state index contributed by atoms with van der Waals surface area (Å²) < 4.78 is 11.6. The van der Waals surface area contributed by atoms with Crippen molar-refractivity contribution in [3.63, 3.8) is 0 Å². The zero-order valence-corrected chi connectivity index (χ0v) is 11.6. The number of rotatable bonds is 5. The van der Waals surface area contributed by atoms with Gasteiger partial charge in [0.1, 0.15) is 5.75 Å². The van der Waals surface area contributed by atoms with Crippen molar-refractivity contribution in [2.75, 3.05) is 6.61 Å². The second-order valence-corrected chi connectivity index (χ2v) is 5.39. The maximum atomic E-state index is 5.94. The minimum atomic E-state index is -1.04. The molecule has 2 aromatic carbocycles. The lowest BCUT2D eigenvalue weighted by atomic mass is 10.2. The summed E-state index contributed by atoms with van der Waals surface area (Å²) in [6.07, 6.45) is 0. The second-order valence-electron chi connectivity index (χ2n) is 3.91. The van der Waals surface area contributed by atoms with Crippen LogP contribution in [-0.2, 0) is 4.52 Å². The van der Waals surface area contributed by atoms with Gasteiger partial charge in [-0.2, -0.15) is 0 Å². The van der Waals surface area contributed by atoms with Gasteiger partial charge >= 0.3 is 0 Å². The van der Waals surface area contributed by atoms with Crippen molar-refractivity contribution in [3.8, 4) is 5.75 Å². The van der Waals surface area contributed by atoms with Crippen LogP contribution < -0.4 is 9.83 Å². The summed E-state index contributed by atoms with van der Waals surface area (Å²) in [5.74, 6) is 0.851. The highest BCUT2D eigenvalue weighted by Crippen LogP contribution is 2.38. The standard InChI is InChI=1S/C15H17O2P/c1-3-16-18(15-7-5-4-6-8-15)17-14-11-9-13(2)10-12-14/h4-12H,3H2,1-2H3. The van der Waals surface area contributed by atoms with E-state index in [2.05, 4.69) is 6.92 Å². The summed E-state index contributed by atoms with van der Waals surface area (Å²) in [4.78, 5) is 0. The summed E-state index contributed by atoms with van der Waals surface area (Å²) in [7, 11) is -1.04. The molecular formula is C15H17O2P. The minimum Gasteiger partial charge on any atom is -0.444 e. The van der Waals surface area contributed by atoms with Crippen LogP contribution in [-0.4, -0.2) is 6.61 Å². The molecule has 0 fully saturated rings. The molecule has 0 spiro atoms. The van der Waals surface area contributed by atoms with E-state index in [0.717, 1.165) is 11.1 Å². The Hall–Kier alpha value is -1.37. The molecule has 0 heterocycles. The van der Waals surface area contributed by atoms with Crippen molar-refractivity contribution in [2.45, 2.75) is 13.8 Å². The maximum absolute atomic E-state index is 5.94. The summed E-state index contributed by atoms with van der Waals surface area (Å²) in [5.41, 5.74) is 1.22. The molecule has 94 valence electrons. The molecule has 0 aromatic heterocycles. The Bertz CT molecular complexity index is 468. The van der Waals surface area contributed by atoms with Crippen LogP contribution in [0.5, 0.6) is 5.75 Å². The van der Waals surface area contributed by atoms with Crippen LogP contribution in [0.1, 0.15) is 12.5 Å². The van der Waals surface area contributed by atoms with E-state index in [-0.39, 0.29) is 0 Å². The summed E-state index contributed by atoms with van der Waals surface area (Å²) in [6, 6.07) is 18.1. The van der Waals surface area contributed by atoms with Gasteiger partial charge in [0, 0.05) is 5.30 Å².